The SMILES string of the molecule is CC#CC(=O)Nc1ccc(Oc2ccc(F)cc2F)c(C2=CN(C)Cc3ccccc32)c1. The van der Waals surface area contributed by atoms with Gasteiger partial charge < -0.3 is 15.0 Å². The van der Waals surface area contributed by atoms with E-state index < -0.39 is 17.5 Å². The van der Waals surface area contributed by atoms with Crippen LogP contribution in [0.4, 0.5) is 14.5 Å². The van der Waals surface area contributed by atoms with Crippen LogP contribution in [0.5, 0.6) is 11.5 Å². The van der Waals surface area contributed by atoms with Gasteiger partial charge in [-0.1, -0.05) is 30.2 Å². The first-order chi connectivity index (χ1) is 15.4. The van der Waals surface area contributed by atoms with Gasteiger partial charge >= 0.3 is 0 Å². The van der Waals surface area contributed by atoms with Gasteiger partial charge in [0.1, 0.15) is 11.6 Å². The van der Waals surface area contributed by atoms with Crippen LogP contribution in [0.1, 0.15) is 23.6 Å². The first-order valence-corrected chi connectivity index (χ1v) is 9.96. The summed E-state index contributed by atoms with van der Waals surface area (Å²) >= 11 is 0. The van der Waals surface area contributed by atoms with Crippen LogP contribution in [-0.4, -0.2) is 17.9 Å². The highest BCUT2D eigenvalue weighted by Gasteiger charge is 2.21. The highest BCUT2D eigenvalue weighted by molar-refractivity contribution is 6.04. The maximum Gasteiger partial charge on any atom is 0.300 e. The summed E-state index contributed by atoms with van der Waals surface area (Å²) in [5, 5.41) is 2.73. The Morgan fingerprint density at radius 3 is 2.59 bits per heavy atom. The van der Waals surface area contributed by atoms with Crippen molar-refractivity contribution in [2.24, 2.45) is 0 Å². The minimum absolute atomic E-state index is 0.0978. The van der Waals surface area contributed by atoms with E-state index in [1.807, 2.05) is 42.4 Å². The molecule has 0 unspecified atom stereocenters. The van der Waals surface area contributed by atoms with E-state index in [4.69, 9.17) is 4.74 Å². The normalized spacial score (nSPS) is 12.2. The van der Waals surface area contributed by atoms with Crippen molar-refractivity contribution in [3.8, 4) is 23.3 Å². The van der Waals surface area contributed by atoms with Crippen molar-refractivity contribution >= 4 is 17.2 Å². The van der Waals surface area contributed by atoms with E-state index in [-0.39, 0.29) is 5.75 Å². The third-order valence-corrected chi connectivity index (χ3v) is 4.96. The third kappa shape index (κ3) is 4.47. The molecule has 0 radical (unpaired) electrons. The van der Waals surface area contributed by atoms with E-state index >= 15 is 0 Å². The van der Waals surface area contributed by atoms with Crippen molar-refractivity contribution in [2.75, 3.05) is 12.4 Å². The summed E-state index contributed by atoms with van der Waals surface area (Å²) in [4.78, 5) is 14.0. The molecule has 0 aromatic heterocycles. The fourth-order valence-electron chi connectivity index (χ4n) is 3.60. The van der Waals surface area contributed by atoms with Gasteiger partial charge in [-0.15, -0.1) is 0 Å². The fraction of sp³-hybridized carbons (Fsp3) is 0.115. The molecule has 6 heteroatoms. The standard InChI is InChI=1S/C26H20F2N2O2/c1-3-6-26(31)29-19-10-12-24(32-25-11-9-18(27)13-23(25)28)21(14-19)22-16-30(2)15-17-7-4-5-8-20(17)22/h4-5,7-14,16H,15H2,1-2H3,(H,29,31). The average molecular weight is 430 g/mol. The molecule has 0 saturated carbocycles. The number of rotatable bonds is 4. The molecular weight excluding hydrogens is 410 g/mol. The molecule has 1 heterocycles. The third-order valence-electron chi connectivity index (χ3n) is 4.96. The Balaban J connectivity index is 1.83. The van der Waals surface area contributed by atoms with Crippen LogP contribution >= 0.6 is 0 Å². The largest absolute Gasteiger partial charge is 0.454 e. The van der Waals surface area contributed by atoms with E-state index in [1.54, 1.807) is 25.1 Å². The molecule has 1 aliphatic rings. The lowest BCUT2D eigenvalue weighted by atomic mass is 9.91. The second kappa shape index (κ2) is 8.94. The van der Waals surface area contributed by atoms with Gasteiger partial charge in [0.25, 0.3) is 5.91 Å². The summed E-state index contributed by atoms with van der Waals surface area (Å²) in [5.41, 5.74) is 4.15. The van der Waals surface area contributed by atoms with Crippen LogP contribution in [0, 0.1) is 23.5 Å². The number of amides is 1. The second-order valence-electron chi connectivity index (χ2n) is 7.33. The maximum absolute atomic E-state index is 14.3. The molecule has 4 rings (SSSR count). The molecule has 0 bridgehead atoms. The van der Waals surface area contributed by atoms with Gasteiger partial charge in [0.2, 0.25) is 0 Å². The van der Waals surface area contributed by atoms with E-state index in [9.17, 15) is 13.6 Å². The molecule has 0 fully saturated rings. The maximum atomic E-state index is 14.3. The van der Waals surface area contributed by atoms with Crippen LogP contribution in [0.15, 0.2) is 66.9 Å². The second-order valence-corrected chi connectivity index (χ2v) is 7.33. The van der Waals surface area contributed by atoms with E-state index in [0.717, 1.165) is 35.4 Å². The molecule has 3 aromatic rings. The summed E-state index contributed by atoms with van der Waals surface area (Å²) < 4.78 is 33.5. The molecule has 3 aromatic carbocycles. The number of hydrogen-bond acceptors (Lipinski definition) is 3. The van der Waals surface area contributed by atoms with Crippen molar-refractivity contribution in [1.82, 2.24) is 4.90 Å². The number of benzene rings is 3. The van der Waals surface area contributed by atoms with Crippen LogP contribution in [0.25, 0.3) is 5.57 Å². The molecule has 0 atom stereocenters. The molecule has 1 aliphatic heterocycles. The number of anilines is 1. The van der Waals surface area contributed by atoms with Crippen molar-refractivity contribution in [3.63, 3.8) is 0 Å². The Morgan fingerprint density at radius 1 is 1.03 bits per heavy atom. The molecule has 1 amide bonds. The summed E-state index contributed by atoms with van der Waals surface area (Å²) in [6.45, 7) is 2.32. The number of ether oxygens (including phenoxy) is 1. The molecule has 0 aliphatic carbocycles. The van der Waals surface area contributed by atoms with E-state index in [2.05, 4.69) is 17.2 Å². The number of carbonyl (C=O) groups excluding carboxylic acids is 1. The molecule has 0 saturated heterocycles. The first-order valence-electron chi connectivity index (χ1n) is 9.96. The molecule has 4 nitrogen and oxygen atoms in total. The smallest absolute Gasteiger partial charge is 0.300 e. The van der Waals surface area contributed by atoms with Crippen LogP contribution in [-0.2, 0) is 11.3 Å². The predicted octanol–water partition coefficient (Wildman–Crippen LogP) is 5.55. The van der Waals surface area contributed by atoms with Crippen molar-refractivity contribution in [2.45, 2.75) is 13.5 Å². The molecular formula is C26H20F2N2O2. The zero-order valence-corrected chi connectivity index (χ0v) is 17.6. The van der Waals surface area contributed by atoms with Gasteiger partial charge in [-0.3, -0.25) is 4.79 Å². The number of nitrogens with zero attached hydrogens (tertiary/aromatic N) is 1. The number of hydrogen-bond donors (Lipinski definition) is 1. The van der Waals surface area contributed by atoms with Gasteiger partial charge in [0, 0.05) is 42.7 Å². The van der Waals surface area contributed by atoms with E-state index in [0.29, 0.717) is 17.0 Å². The number of fused-ring (bicyclic) bond motifs is 1. The lowest BCUT2D eigenvalue weighted by Crippen LogP contribution is -2.17. The zero-order valence-electron chi connectivity index (χ0n) is 17.6. The minimum atomic E-state index is -0.804. The van der Waals surface area contributed by atoms with Gasteiger partial charge in [-0.2, -0.15) is 0 Å². The Bertz CT molecular complexity index is 1290. The minimum Gasteiger partial charge on any atom is -0.454 e. The highest BCUT2D eigenvalue weighted by atomic mass is 19.1. The summed E-state index contributed by atoms with van der Waals surface area (Å²) in [7, 11) is 1.96. The van der Waals surface area contributed by atoms with Gasteiger partial charge in [0.05, 0.1) is 0 Å². The first kappa shape index (κ1) is 21.1. The lowest BCUT2D eigenvalue weighted by molar-refractivity contribution is -0.111. The van der Waals surface area contributed by atoms with Crippen molar-refractivity contribution in [3.05, 3.63) is 95.2 Å². The molecule has 1 N–H and O–H groups in total. The Morgan fingerprint density at radius 2 is 1.81 bits per heavy atom. The molecule has 0 spiro atoms. The Kier molecular flexibility index (Phi) is 5.91. The Hall–Kier alpha value is -4.11. The fourth-order valence-corrected chi connectivity index (χ4v) is 3.60. The summed E-state index contributed by atoms with van der Waals surface area (Å²) in [5.74, 6) is 3.35. The lowest BCUT2D eigenvalue weighted by Gasteiger charge is -2.27. The molecule has 160 valence electrons. The van der Waals surface area contributed by atoms with Crippen LogP contribution < -0.4 is 10.1 Å². The monoisotopic (exact) mass is 430 g/mol. The van der Waals surface area contributed by atoms with Crippen molar-refractivity contribution < 1.29 is 18.3 Å². The number of carbonyl (C=O) groups is 1. The number of nitrogens with one attached hydrogen (secondary N) is 1. The summed E-state index contributed by atoms with van der Waals surface area (Å²) in [6.07, 6.45) is 1.98. The quantitative estimate of drug-likeness (QED) is 0.552. The van der Waals surface area contributed by atoms with Crippen molar-refractivity contribution in [1.29, 1.82) is 0 Å². The average Bonchev–Trinajstić information content (AvgIpc) is 2.76. The Labute approximate surface area is 185 Å². The van der Waals surface area contributed by atoms with Gasteiger partial charge in [-0.05, 0) is 54.3 Å². The molecule has 32 heavy (non-hydrogen) atoms. The number of halogens is 2. The van der Waals surface area contributed by atoms with E-state index in [1.165, 1.54) is 6.07 Å². The van der Waals surface area contributed by atoms with Gasteiger partial charge in [-0.25, -0.2) is 8.78 Å². The summed E-state index contributed by atoms with van der Waals surface area (Å²) in [6, 6.07) is 16.2. The highest BCUT2D eigenvalue weighted by Crippen LogP contribution is 2.39. The zero-order chi connectivity index (χ0) is 22.7. The predicted molar refractivity (Wildman–Crippen MR) is 120 cm³/mol. The van der Waals surface area contributed by atoms with Crippen LogP contribution in [0.2, 0.25) is 0 Å². The van der Waals surface area contributed by atoms with Crippen LogP contribution in [0.3, 0.4) is 0 Å². The van der Waals surface area contributed by atoms with Gasteiger partial charge in [0.15, 0.2) is 11.6 Å². The topological polar surface area (TPSA) is 41.6 Å².